The highest BCUT2D eigenvalue weighted by Crippen LogP contribution is 2.21. The molecule has 2 heterocycles. The van der Waals surface area contributed by atoms with Crippen molar-refractivity contribution in [2.45, 2.75) is 5.16 Å². The molecule has 2 aromatic heterocycles. The summed E-state index contributed by atoms with van der Waals surface area (Å²) in [6.45, 7) is 0. The first-order valence-corrected chi connectivity index (χ1v) is 9.12. The second-order valence-corrected chi connectivity index (χ2v) is 6.55. The first-order chi connectivity index (χ1) is 13.2. The molecule has 0 aliphatic heterocycles. The molecule has 0 bridgehead atoms. The molecule has 0 fully saturated rings. The van der Waals surface area contributed by atoms with Crippen LogP contribution in [0.1, 0.15) is 0 Å². The number of methoxy groups -OCH3 is 1. The number of nitrogens with zero attached hydrogens (tertiary/aromatic N) is 5. The van der Waals surface area contributed by atoms with Crippen LogP contribution in [0.3, 0.4) is 0 Å². The van der Waals surface area contributed by atoms with Crippen molar-refractivity contribution in [3.8, 4) is 11.4 Å². The zero-order valence-corrected chi connectivity index (χ0v) is 15.3. The molecule has 8 nitrogen and oxygen atoms in total. The third kappa shape index (κ3) is 3.63. The van der Waals surface area contributed by atoms with Crippen LogP contribution in [0.4, 0.5) is 0 Å². The van der Waals surface area contributed by atoms with E-state index in [1.807, 2.05) is 53.1 Å². The Bertz CT molecular complexity index is 1070. The summed E-state index contributed by atoms with van der Waals surface area (Å²) in [7, 11) is 1.62. The van der Waals surface area contributed by atoms with E-state index in [0.29, 0.717) is 5.16 Å². The van der Waals surface area contributed by atoms with Crippen LogP contribution in [0.5, 0.6) is 5.75 Å². The Morgan fingerprint density at radius 3 is 2.78 bits per heavy atom. The highest BCUT2D eigenvalue weighted by atomic mass is 32.2. The van der Waals surface area contributed by atoms with Crippen LogP contribution in [0.15, 0.2) is 66.3 Å². The molecule has 1 N–H and O–H groups in total. The average Bonchev–Trinajstić information content (AvgIpc) is 3.34. The number of carbonyl (C=O) groups excluding carboxylic acids is 1. The quantitative estimate of drug-likeness (QED) is 0.517. The van der Waals surface area contributed by atoms with Gasteiger partial charge in [-0.05, 0) is 36.4 Å². The first kappa shape index (κ1) is 17.1. The Kier molecular flexibility index (Phi) is 4.75. The lowest BCUT2D eigenvalue weighted by Crippen LogP contribution is -2.23. The fourth-order valence-corrected chi connectivity index (χ4v) is 3.31. The molecule has 136 valence electrons. The van der Waals surface area contributed by atoms with Crippen molar-refractivity contribution >= 4 is 28.7 Å². The molecule has 0 aliphatic carbocycles. The van der Waals surface area contributed by atoms with Crippen LogP contribution in [-0.2, 0) is 4.79 Å². The molecule has 0 unspecified atom stereocenters. The van der Waals surface area contributed by atoms with Crippen molar-refractivity contribution in [3.05, 3.63) is 61.2 Å². The highest BCUT2D eigenvalue weighted by Gasteiger charge is 2.11. The molecule has 4 aromatic rings. The minimum Gasteiger partial charge on any atom is -0.497 e. The van der Waals surface area contributed by atoms with Crippen molar-refractivity contribution in [2.75, 3.05) is 18.3 Å². The van der Waals surface area contributed by atoms with Gasteiger partial charge in [0.05, 0.1) is 23.9 Å². The molecule has 0 aliphatic rings. The zero-order chi connectivity index (χ0) is 18.6. The van der Waals surface area contributed by atoms with Crippen LogP contribution in [0, 0.1) is 0 Å². The van der Waals surface area contributed by atoms with Gasteiger partial charge in [-0.25, -0.2) is 9.66 Å². The number of hydrogen-bond donors (Lipinski definition) is 1. The first-order valence-electron chi connectivity index (χ1n) is 8.14. The largest absolute Gasteiger partial charge is 0.497 e. The smallest absolute Gasteiger partial charge is 0.249 e. The summed E-state index contributed by atoms with van der Waals surface area (Å²) >= 11 is 1.31. The van der Waals surface area contributed by atoms with Gasteiger partial charge in [0.15, 0.2) is 5.16 Å². The Balaban J connectivity index is 1.43. The van der Waals surface area contributed by atoms with Crippen molar-refractivity contribution in [1.82, 2.24) is 24.4 Å². The van der Waals surface area contributed by atoms with E-state index in [4.69, 9.17) is 4.74 Å². The third-order valence-corrected chi connectivity index (χ3v) is 4.84. The second-order valence-electron chi connectivity index (χ2n) is 5.61. The van der Waals surface area contributed by atoms with Gasteiger partial charge in [0.1, 0.15) is 18.4 Å². The molecule has 4 rings (SSSR count). The Morgan fingerprint density at radius 1 is 1.15 bits per heavy atom. The van der Waals surface area contributed by atoms with Gasteiger partial charge in [0.2, 0.25) is 5.91 Å². The summed E-state index contributed by atoms with van der Waals surface area (Å²) in [4.78, 5) is 16.6. The van der Waals surface area contributed by atoms with E-state index in [9.17, 15) is 4.79 Å². The summed E-state index contributed by atoms with van der Waals surface area (Å²) in [6, 6.07) is 15.1. The number of rotatable bonds is 6. The monoisotopic (exact) mass is 380 g/mol. The summed E-state index contributed by atoms with van der Waals surface area (Å²) in [5.74, 6) is 0.807. The summed E-state index contributed by atoms with van der Waals surface area (Å²) in [5, 5.41) is 8.68. The van der Waals surface area contributed by atoms with Crippen LogP contribution in [0.2, 0.25) is 0 Å². The average molecular weight is 380 g/mol. The molecule has 0 atom stereocenters. The van der Waals surface area contributed by atoms with E-state index >= 15 is 0 Å². The number of amides is 1. The Labute approximate surface area is 159 Å². The Hall–Kier alpha value is -3.33. The number of para-hydroxylation sites is 2. The number of nitrogens with one attached hydrogen (secondary N) is 1. The highest BCUT2D eigenvalue weighted by molar-refractivity contribution is 7.99. The summed E-state index contributed by atoms with van der Waals surface area (Å²) in [6.07, 6.45) is 3.21. The third-order valence-electron chi connectivity index (χ3n) is 3.90. The molecular weight excluding hydrogens is 364 g/mol. The predicted molar refractivity (Wildman–Crippen MR) is 103 cm³/mol. The second kappa shape index (κ2) is 7.50. The number of benzene rings is 2. The molecule has 2 aromatic carbocycles. The lowest BCUT2D eigenvalue weighted by atomic mass is 10.3. The molecule has 0 saturated heterocycles. The van der Waals surface area contributed by atoms with Gasteiger partial charge in [-0.3, -0.25) is 14.8 Å². The van der Waals surface area contributed by atoms with Crippen molar-refractivity contribution in [3.63, 3.8) is 0 Å². The molecule has 0 radical (unpaired) electrons. The number of thioether (sulfide) groups is 1. The molecule has 27 heavy (non-hydrogen) atoms. The molecule has 0 saturated carbocycles. The van der Waals surface area contributed by atoms with Crippen LogP contribution >= 0.6 is 11.8 Å². The number of aromatic nitrogens is 5. The standard InChI is InChI=1S/C18H16N6O2S/c1-26-14-8-6-13(7-9-14)23-12-20-21-18(23)27-10-17(25)22-24-11-19-15-4-2-3-5-16(15)24/h2-9,11-12H,10H2,1H3,(H,22,25). The van der Waals surface area contributed by atoms with E-state index < -0.39 is 0 Å². The van der Waals surface area contributed by atoms with Gasteiger partial charge in [-0.15, -0.1) is 10.2 Å². The lowest BCUT2D eigenvalue weighted by Gasteiger charge is -2.08. The van der Waals surface area contributed by atoms with Crippen molar-refractivity contribution in [2.24, 2.45) is 0 Å². The molecule has 1 amide bonds. The van der Waals surface area contributed by atoms with E-state index in [1.165, 1.54) is 11.8 Å². The molecule has 9 heteroatoms. The fourth-order valence-electron chi connectivity index (χ4n) is 2.59. The fraction of sp³-hybridized carbons (Fsp3) is 0.111. The Morgan fingerprint density at radius 2 is 1.96 bits per heavy atom. The topological polar surface area (TPSA) is 86.9 Å². The number of imidazole rings is 1. The van der Waals surface area contributed by atoms with Gasteiger partial charge in [-0.1, -0.05) is 23.9 Å². The van der Waals surface area contributed by atoms with E-state index in [2.05, 4.69) is 20.6 Å². The van der Waals surface area contributed by atoms with Crippen molar-refractivity contribution < 1.29 is 9.53 Å². The SMILES string of the molecule is COc1ccc(-n2cnnc2SCC(=O)Nn2cnc3ccccc32)cc1. The predicted octanol–water partition coefficient (Wildman–Crippen LogP) is 2.49. The maximum atomic E-state index is 12.3. The number of hydrogen-bond acceptors (Lipinski definition) is 6. The van der Waals surface area contributed by atoms with Gasteiger partial charge in [0.25, 0.3) is 0 Å². The summed E-state index contributed by atoms with van der Waals surface area (Å²) in [5.41, 5.74) is 5.38. The van der Waals surface area contributed by atoms with Crippen LogP contribution in [-0.4, -0.2) is 43.2 Å². The van der Waals surface area contributed by atoms with Gasteiger partial charge in [-0.2, -0.15) is 0 Å². The van der Waals surface area contributed by atoms with E-state index in [-0.39, 0.29) is 11.7 Å². The van der Waals surface area contributed by atoms with E-state index in [1.54, 1.807) is 24.4 Å². The zero-order valence-electron chi connectivity index (χ0n) is 14.4. The van der Waals surface area contributed by atoms with Gasteiger partial charge < -0.3 is 4.74 Å². The maximum absolute atomic E-state index is 12.3. The number of fused-ring (bicyclic) bond motifs is 1. The van der Waals surface area contributed by atoms with Crippen LogP contribution in [0.25, 0.3) is 16.7 Å². The normalized spacial score (nSPS) is 10.9. The van der Waals surface area contributed by atoms with E-state index in [0.717, 1.165) is 22.5 Å². The van der Waals surface area contributed by atoms with Gasteiger partial charge >= 0.3 is 0 Å². The maximum Gasteiger partial charge on any atom is 0.249 e. The number of carbonyl (C=O) groups is 1. The lowest BCUT2D eigenvalue weighted by molar-refractivity contribution is -0.114. The summed E-state index contributed by atoms with van der Waals surface area (Å²) < 4.78 is 8.61. The minimum atomic E-state index is -0.160. The number of ether oxygens (including phenoxy) is 1. The molecule has 0 spiro atoms. The van der Waals surface area contributed by atoms with Crippen LogP contribution < -0.4 is 10.2 Å². The van der Waals surface area contributed by atoms with Crippen molar-refractivity contribution in [1.29, 1.82) is 0 Å². The van der Waals surface area contributed by atoms with Gasteiger partial charge in [0, 0.05) is 5.69 Å². The minimum absolute atomic E-state index is 0.160. The molecular formula is C18H16N6O2S.